The van der Waals surface area contributed by atoms with Gasteiger partial charge in [0, 0.05) is 39.4 Å². The van der Waals surface area contributed by atoms with E-state index in [4.69, 9.17) is 9.47 Å². The molecule has 1 rings (SSSR count). The fourth-order valence-electron chi connectivity index (χ4n) is 2.08. The number of guanidine groups is 1. The average Bonchev–Trinajstić information content (AvgIpc) is 2.93. The second kappa shape index (κ2) is 14.6. The maximum absolute atomic E-state index is 11.3. The number of ether oxygens (including phenoxy) is 2. The summed E-state index contributed by atoms with van der Waals surface area (Å²) >= 11 is 0. The van der Waals surface area contributed by atoms with Gasteiger partial charge in [-0.25, -0.2) is 4.79 Å². The van der Waals surface area contributed by atoms with Crippen molar-refractivity contribution in [2.24, 2.45) is 10.9 Å². The van der Waals surface area contributed by atoms with Crippen molar-refractivity contribution in [3.8, 4) is 0 Å². The number of halogens is 1. The van der Waals surface area contributed by atoms with Crippen LogP contribution in [0.1, 0.15) is 33.6 Å². The normalized spacial score (nSPS) is 14.6. The Balaban J connectivity index is 0.00000529. The zero-order valence-electron chi connectivity index (χ0n) is 15.2. The van der Waals surface area contributed by atoms with Gasteiger partial charge in [-0.3, -0.25) is 4.99 Å². The lowest BCUT2D eigenvalue weighted by atomic mass is 10.2. The Morgan fingerprint density at radius 1 is 1.33 bits per heavy atom. The number of hydrogen-bond donors (Lipinski definition) is 2. The summed E-state index contributed by atoms with van der Waals surface area (Å²) in [5.41, 5.74) is 0. The molecule has 0 spiro atoms. The largest absolute Gasteiger partial charge is 0.448 e. The summed E-state index contributed by atoms with van der Waals surface area (Å²) in [6.07, 6.45) is 1.62. The Bertz CT molecular complexity index is 367. The van der Waals surface area contributed by atoms with Crippen LogP contribution in [0.15, 0.2) is 4.99 Å². The number of carbonyl (C=O) groups is 1. The highest BCUT2D eigenvalue weighted by Gasteiger charge is 2.20. The average molecular weight is 456 g/mol. The van der Waals surface area contributed by atoms with Crippen LogP contribution in [0.3, 0.4) is 0 Å². The Morgan fingerprint density at radius 2 is 2.04 bits per heavy atom. The lowest BCUT2D eigenvalue weighted by molar-refractivity contribution is 0.145. The molecule has 0 atom stereocenters. The topological polar surface area (TPSA) is 75.2 Å². The molecule has 7 nitrogen and oxygen atoms in total. The third kappa shape index (κ3) is 10.9. The molecule has 0 aromatic heterocycles. The molecule has 0 aliphatic carbocycles. The van der Waals surface area contributed by atoms with Crippen molar-refractivity contribution in [1.29, 1.82) is 0 Å². The second-order valence-corrected chi connectivity index (χ2v) is 5.94. The molecule has 1 heterocycles. The van der Waals surface area contributed by atoms with Crippen LogP contribution in [0.2, 0.25) is 0 Å². The van der Waals surface area contributed by atoms with E-state index in [0.717, 1.165) is 51.6 Å². The van der Waals surface area contributed by atoms with Crippen LogP contribution in [0, 0.1) is 5.92 Å². The fraction of sp³-hybridized carbons (Fsp3) is 0.875. The first-order valence-electron chi connectivity index (χ1n) is 8.65. The van der Waals surface area contributed by atoms with Gasteiger partial charge in [0.05, 0.1) is 6.54 Å². The summed E-state index contributed by atoms with van der Waals surface area (Å²) in [7, 11) is 0. The van der Waals surface area contributed by atoms with Gasteiger partial charge in [-0.05, 0) is 25.7 Å². The maximum atomic E-state index is 11.3. The zero-order chi connectivity index (χ0) is 16.9. The first kappa shape index (κ1) is 23.2. The quantitative estimate of drug-likeness (QED) is 0.216. The van der Waals surface area contributed by atoms with Crippen LogP contribution in [0.25, 0.3) is 0 Å². The Kier molecular flexibility index (Phi) is 14.1. The number of nitrogens with one attached hydrogen (secondary N) is 2. The highest BCUT2D eigenvalue weighted by Crippen LogP contribution is 2.03. The number of carbonyl (C=O) groups excluding carboxylic acids is 1. The van der Waals surface area contributed by atoms with Crippen molar-refractivity contribution >= 4 is 36.0 Å². The smallest absolute Gasteiger partial charge is 0.409 e. The first-order valence-corrected chi connectivity index (χ1v) is 8.65. The molecular weight excluding hydrogens is 423 g/mol. The molecule has 0 bridgehead atoms. The van der Waals surface area contributed by atoms with Gasteiger partial charge in [0.15, 0.2) is 5.96 Å². The second-order valence-electron chi connectivity index (χ2n) is 5.94. The monoisotopic (exact) mass is 456 g/mol. The molecule has 1 saturated heterocycles. The van der Waals surface area contributed by atoms with Gasteiger partial charge in [-0.2, -0.15) is 0 Å². The van der Waals surface area contributed by atoms with E-state index >= 15 is 0 Å². The van der Waals surface area contributed by atoms with Crippen LogP contribution < -0.4 is 10.6 Å². The fourth-order valence-corrected chi connectivity index (χ4v) is 2.08. The van der Waals surface area contributed by atoms with Crippen molar-refractivity contribution in [2.75, 3.05) is 52.5 Å². The molecule has 0 radical (unpaired) electrons. The SMILES string of the molecule is CCOCCCNC(=NCC(C)C)NCCCN1CCOC1=O.I. The van der Waals surface area contributed by atoms with Crippen LogP contribution in [-0.4, -0.2) is 69.5 Å². The van der Waals surface area contributed by atoms with Gasteiger partial charge in [0.1, 0.15) is 6.61 Å². The first-order chi connectivity index (χ1) is 11.1. The van der Waals surface area contributed by atoms with E-state index in [1.54, 1.807) is 4.90 Å². The minimum absolute atomic E-state index is 0. The van der Waals surface area contributed by atoms with Crippen molar-refractivity contribution < 1.29 is 14.3 Å². The molecule has 1 amide bonds. The number of hydrogen-bond acceptors (Lipinski definition) is 4. The van der Waals surface area contributed by atoms with Gasteiger partial charge < -0.3 is 25.0 Å². The van der Waals surface area contributed by atoms with E-state index in [9.17, 15) is 4.79 Å². The summed E-state index contributed by atoms with van der Waals surface area (Å²) < 4.78 is 10.2. The molecule has 1 fully saturated rings. The molecular formula is C16H33IN4O3. The van der Waals surface area contributed by atoms with Gasteiger partial charge in [0.2, 0.25) is 0 Å². The van der Waals surface area contributed by atoms with Crippen molar-refractivity contribution in [3.63, 3.8) is 0 Å². The lowest BCUT2D eigenvalue weighted by Gasteiger charge is -2.15. The Labute approximate surface area is 162 Å². The van der Waals surface area contributed by atoms with Crippen molar-refractivity contribution in [3.05, 3.63) is 0 Å². The van der Waals surface area contributed by atoms with Crippen LogP contribution in [0.5, 0.6) is 0 Å². The minimum atomic E-state index is -0.201. The van der Waals surface area contributed by atoms with E-state index in [0.29, 0.717) is 25.6 Å². The summed E-state index contributed by atoms with van der Waals surface area (Å²) in [6, 6.07) is 0. The standard InChI is InChI=1S/C16H32N4O3.HI/c1-4-22-11-6-8-18-15(19-13-14(2)3)17-7-5-9-20-10-12-23-16(20)21;/h14H,4-13H2,1-3H3,(H2,17,18,19);1H. The summed E-state index contributed by atoms with van der Waals surface area (Å²) in [6.45, 7) is 12.1. The number of rotatable bonds is 11. The Hall–Kier alpha value is -0.770. The molecule has 0 aromatic rings. The molecule has 0 aromatic carbocycles. The molecule has 24 heavy (non-hydrogen) atoms. The van der Waals surface area contributed by atoms with Gasteiger partial charge >= 0.3 is 6.09 Å². The molecule has 2 N–H and O–H groups in total. The Morgan fingerprint density at radius 3 is 2.62 bits per heavy atom. The van der Waals surface area contributed by atoms with Crippen molar-refractivity contribution in [2.45, 2.75) is 33.6 Å². The minimum Gasteiger partial charge on any atom is -0.448 e. The summed E-state index contributed by atoms with van der Waals surface area (Å²) in [4.78, 5) is 17.7. The van der Waals surface area contributed by atoms with Gasteiger partial charge in [0.25, 0.3) is 0 Å². The van der Waals surface area contributed by atoms with Crippen LogP contribution >= 0.6 is 24.0 Å². The molecule has 1 aliphatic heterocycles. The van der Waals surface area contributed by atoms with E-state index in [-0.39, 0.29) is 30.1 Å². The maximum Gasteiger partial charge on any atom is 0.409 e. The predicted molar refractivity (Wildman–Crippen MR) is 107 cm³/mol. The number of nitrogens with zero attached hydrogens (tertiary/aromatic N) is 2. The molecule has 0 unspecified atom stereocenters. The van der Waals surface area contributed by atoms with E-state index in [1.165, 1.54) is 0 Å². The third-order valence-electron chi connectivity index (χ3n) is 3.32. The predicted octanol–water partition coefficient (Wildman–Crippen LogP) is 2.06. The summed E-state index contributed by atoms with van der Waals surface area (Å²) in [5.74, 6) is 1.36. The zero-order valence-corrected chi connectivity index (χ0v) is 17.5. The van der Waals surface area contributed by atoms with E-state index in [2.05, 4.69) is 29.5 Å². The number of aliphatic imine (C=N–C) groups is 1. The molecule has 8 heteroatoms. The van der Waals surface area contributed by atoms with Gasteiger partial charge in [-0.1, -0.05) is 13.8 Å². The number of amides is 1. The van der Waals surface area contributed by atoms with Crippen LogP contribution in [-0.2, 0) is 9.47 Å². The van der Waals surface area contributed by atoms with Crippen LogP contribution in [0.4, 0.5) is 4.79 Å². The molecule has 1 aliphatic rings. The van der Waals surface area contributed by atoms with E-state index < -0.39 is 0 Å². The van der Waals surface area contributed by atoms with Gasteiger partial charge in [-0.15, -0.1) is 24.0 Å². The lowest BCUT2D eigenvalue weighted by Crippen LogP contribution is -2.40. The number of cyclic esters (lactones) is 1. The molecule has 0 saturated carbocycles. The molecule has 142 valence electrons. The third-order valence-corrected chi connectivity index (χ3v) is 3.32. The highest BCUT2D eigenvalue weighted by atomic mass is 127. The summed E-state index contributed by atoms with van der Waals surface area (Å²) in [5, 5.41) is 6.65. The van der Waals surface area contributed by atoms with E-state index in [1.807, 2.05) is 6.92 Å². The highest BCUT2D eigenvalue weighted by molar-refractivity contribution is 14.0. The van der Waals surface area contributed by atoms with Crippen molar-refractivity contribution in [1.82, 2.24) is 15.5 Å².